The number of methoxy groups -OCH3 is 1. The SMILES string of the molecule is COC(=O)[C@H]1N=C1/C=C\CCCCCCCCCC=C(Br)Br. The third kappa shape index (κ3) is 9.57. The number of unbranched alkanes of at least 4 members (excludes halogenated alkanes) is 8. The van der Waals surface area contributed by atoms with Gasteiger partial charge in [-0.3, -0.25) is 4.99 Å². The fourth-order valence-electron chi connectivity index (χ4n) is 2.24. The van der Waals surface area contributed by atoms with Crippen molar-refractivity contribution in [2.24, 2.45) is 4.99 Å². The van der Waals surface area contributed by atoms with Crippen LogP contribution in [0.3, 0.4) is 0 Å². The fraction of sp³-hybridized carbons (Fsp3) is 0.647. The van der Waals surface area contributed by atoms with E-state index >= 15 is 0 Å². The lowest BCUT2D eigenvalue weighted by molar-refractivity contribution is -0.139. The molecule has 3 nitrogen and oxygen atoms in total. The molecule has 0 spiro atoms. The van der Waals surface area contributed by atoms with Gasteiger partial charge in [-0.2, -0.15) is 0 Å². The molecule has 0 aromatic heterocycles. The predicted molar refractivity (Wildman–Crippen MR) is 99.9 cm³/mol. The molecule has 0 aliphatic carbocycles. The molecule has 0 saturated carbocycles. The topological polar surface area (TPSA) is 38.7 Å². The number of ether oxygens (including phenoxy) is 1. The minimum atomic E-state index is -0.318. The van der Waals surface area contributed by atoms with E-state index in [2.05, 4.69) is 53.7 Å². The van der Waals surface area contributed by atoms with Crippen LogP contribution < -0.4 is 0 Å². The maximum Gasteiger partial charge on any atom is 0.336 e. The van der Waals surface area contributed by atoms with Gasteiger partial charge in [-0.1, -0.05) is 44.3 Å². The van der Waals surface area contributed by atoms with Crippen LogP contribution in [0.15, 0.2) is 26.6 Å². The second-order valence-corrected chi connectivity index (χ2v) is 8.20. The van der Waals surface area contributed by atoms with Crippen LogP contribution in [0.25, 0.3) is 0 Å². The average molecular weight is 435 g/mol. The first-order chi connectivity index (χ1) is 10.6. The van der Waals surface area contributed by atoms with Crippen molar-refractivity contribution in [2.75, 3.05) is 7.11 Å². The number of carbonyl (C=O) groups is 1. The molecule has 0 fully saturated rings. The number of aliphatic imine (C=N–C) groups is 1. The van der Waals surface area contributed by atoms with Crippen LogP contribution in [0, 0.1) is 0 Å². The Morgan fingerprint density at radius 1 is 1.09 bits per heavy atom. The molecule has 1 aliphatic heterocycles. The summed E-state index contributed by atoms with van der Waals surface area (Å²) in [4.78, 5) is 15.2. The van der Waals surface area contributed by atoms with Gasteiger partial charge in [-0.15, -0.1) is 0 Å². The molecule has 0 saturated heterocycles. The minimum absolute atomic E-state index is 0.251. The van der Waals surface area contributed by atoms with E-state index in [1.807, 2.05) is 6.08 Å². The van der Waals surface area contributed by atoms with Crippen LogP contribution in [0.1, 0.15) is 57.8 Å². The molecule has 1 aliphatic rings. The van der Waals surface area contributed by atoms with E-state index in [9.17, 15) is 4.79 Å². The molecule has 0 N–H and O–H groups in total. The van der Waals surface area contributed by atoms with Crippen LogP contribution in [-0.4, -0.2) is 24.8 Å². The highest BCUT2D eigenvalue weighted by Crippen LogP contribution is 2.17. The molecule has 1 rings (SSSR count). The normalized spacial score (nSPS) is 16.5. The molecule has 1 atom stereocenters. The Morgan fingerprint density at radius 3 is 2.27 bits per heavy atom. The van der Waals surface area contributed by atoms with Crippen molar-refractivity contribution in [3.63, 3.8) is 0 Å². The number of nitrogens with zero attached hydrogens (tertiary/aromatic N) is 1. The number of hydrogen-bond donors (Lipinski definition) is 0. The smallest absolute Gasteiger partial charge is 0.336 e. The monoisotopic (exact) mass is 433 g/mol. The van der Waals surface area contributed by atoms with E-state index < -0.39 is 0 Å². The maximum atomic E-state index is 11.1. The van der Waals surface area contributed by atoms with Gasteiger partial charge in [-0.25, -0.2) is 4.79 Å². The van der Waals surface area contributed by atoms with Gasteiger partial charge in [0, 0.05) is 0 Å². The molecule has 0 amide bonds. The summed E-state index contributed by atoms with van der Waals surface area (Å²) < 4.78 is 5.69. The van der Waals surface area contributed by atoms with Crippen LogP contribution in [0.2, 0.25) is 0 Å². The molecule has 5 heteroatoms. The lowest BCUT2D eigenvalue weighted by Crippen LogP contribution is -2.12. The molecular formula is C17H25Br2NO2. The van der Waals surface area contributed by atoms with Gasteiger partial charge in [0.05, 0.1) is 16.2 Å². The molecule has 0 aromatic carbocycles. The first-order valence-electron chi connectivity index (χ1n) is 7.98. The quantitative estimate of drug-likeness (QED) is 0.292. The standard InChI is InChI=1S/C17H25Br2NO2/c1-22-17(21)16-14(20-16)12-10-8-6-4-2-3-5-7-9-11-13-15(18)19/h10,12-13,16H,2-9,11H2,1H3/b12-10-/t16-/m0/s1. The van der Waals surface area contributed by atoms with Crippen molar-refractivity contribution in [1.82, 2.24) is 0 Å². The van der Waals surface area contributed by atoms with Gasteiger partial charge in [-0.05, 0) is 63.6 Å². The van der Waals surface area contributed by atoms with Crippen LogP contribution in [0.5, 0.6) is 0 Å². The van der Waals surface area contributed by atoms with Gasteiger partial charge in [0.2, 0.25) is 0 Å². The Hall–Kier alpha value is -0.420. The highest BCUT2D eigenvalue weighted by Gasteiger charge is 2.33. The molecule has 124 valence electrons. The molecule has 22 heavy (non-hydrogen) atoms. The van der Waals surface area contributed by atoms with Gasteiger partial charge in [0.25, 0.3) is 0 Å². The van der Waals surface area contributed by atoms with Crippen LogP contribution in [0.4, 0.5) is 0 Å². The van der Waals surface area contributed by atoms with E-state index in [1.54, 1.807) is 0 Å². The third-order valence-corrected chi connectivity index (χ3v) is 4.22. The summed E-state index contributed by atoms with van der Waals surface area (Å²) in [7, 11) is 1.40. The molecule has 0 bridgehead atoms. The maximum absolute atomic E-state index is 11.1. The van der Waals surface area contributed by atoms with Gasteiger partial charge >= 0.3 is 5.97 Å². The summed E-state index contributed by atoms with van der Waals surface area (Å²) in [6.07, 6.45) is 17.5. The van der Waals surface area contributed by atoms with Crippen molar-refractivity contribution in [3.05, 3.63) is 21.6 Å². The Labute approximate surface area is 150 Å². The summed E-state index contributed by atoms with van der Waals surface area (Å²) in [5.74, 6) is -0.251. The van der Waals surface area contributed by atoms with E-state index in [0.29, 0.717) is 0 Å². The zero-order chi connectivity index (χ0) is 16.2. The van der Waals surface area contributed by atoms with Crippen LogP contribution >= 0.6 is 31.9 Å². The first-order valence-corrected chi connectivity index (χ1v) is 9.57. The van der Waals surface area contributed by atoms with Crippen molar-refractivity contribution in [1.29, 1.82) is 0 Å². The summed E-state index contributed by atoms with van der Waals surface area (Å²) in [6.45, 7) is 0. The highest BCUT2D eigenvalue weighted by atomic mass is 79.9. The molecule has 0 unspecified atom stereocenters. The number of allylic oxidation sites excluding steroid dienone is 2. The summed E-state index contributed by atoms with van der Waals surface area (Å²) in [5.41, 5.74) is 0.857. The fourth-order valence-corrected chi connectivity index (χ4v) is 2.69. The molecule has 0 radical (unpaired) electrons. The lowest BCUT2D eigenvalue weighted by Gasteiger charge is -2.00. The van der Waals surface area contributed by atoms with E-state index in [-0.39, 0.29) is 12.0 Å². The average Bonchev–Trinajstić information content (AvgIpc) is 3.26. The number of rotatable bonds is 12. The van der Waals surface area contributed by atoms with Crippen molar-refractivity contribution >= 4 is 43.5 Å². The van der Waals surface area contributed by atoms with Gasteiger partial charge < -0.3 is 4.74 Å². The zero-order valence-corrected chi connectivity index (χ0v) is 16.4. The summed E-state index contributed by atoms with van der Waals surface area (Å²) >= 11 is 6.73. The Bertz CT molecular complexity index is 426. The predicted octanol–water partition coefficient (Wildman–Crippen LogP) is 5.68. The second kappa shape index (κ2) is 12.1. The van der Waals surface area contributed by atoms with Crippen molar-refractivity contribution in [2.45, 2.75) is 63.8 Å². The number of carbonyl (C=O) groups excluding carboxylic acids is 1. The molecule has 1 heterocycles. The van der Waals surface area contributed by atoms with E-state index in [4.69, 9.17) is 0 Å². The third-order valence-electron chi connectivity index (χ3n) is 3.58. The number of hydrogen-bond acceptors (Lipinski definition) is 3. The molecular weight excluding hydrogens is 410 g/mol. The molecule has 0 aromatic rings. The largest absolute Gasteiger partial charge is 0.467 e. The number of esters is 1. The number of halogens is 2. The lowest BCUT2D eigenvalue weighted by atomic mass is 10.1. The van der Waals surface area contributed by atoms with Crippen molar-refractivity contribution in [3.8, 4) is 0 Å². The van der Waals surface area contributed by atoms with Crippen molar-refractivity contribution < 1.29 is 9.53 Å². The Kier molecular flexibility index (Phi) is 10.8. The van der Waals surface area contributed by atoms with Crippen LogP contribution in [-0.2, 0) is 9.53 Å². The Balaban J connectivity index is 1.84. The summed E-state index contributed by atoms with van der Waals surface area (Å²) in [6, 6.07) is -0.318. The minimum Gasteiger partial charge on any atom is -0.467 e. The second-order valence-electron chi connectivity index (χ2n) is 5.43. The highest BCUT2D eigenvalue weighted by molar-refractivity contribution is 9.28. The Morgan fingerprint density at radius 2 is 1.68 bits per heavy atom. The first kappa shape index (κ1) is 19.6. The van der Waals surface area contributed by atoms with Gasteiger partial charge in [0.1, 0.15) is 0 Å². The van der Waals surface area contributed by atoms with E-state index in [0.717, 1.165) is 21.9 Å². The summed E-state index contributed by atoms with van der Waals surface area (Å²) in [5, 5.41) is 0. The van der Waals surface area contributed by atoms with Gasteiger partial charge in [0.15, 0.2) is 6.04 Å². The zero-order valence-electron chi connectivity index (χ0n) is 13.2. The van der Waals surface area contributed by atoms with E-state index in [1.165, 1.54) is 52.1 Å².